The normalized spacial score (nSPS) is 26.0. The molecule has 0 aliphatic carbocycles. The Hall–Kier alpha value is -2.28. The van der Waals surface area contributed by atoms with Crippen LogP contribution >= 0.6 is 11.6 Å². The number of likely N-dealkylation sites (N-methyl/N-ethyl adjacent to an activating group) is 2. The molecule has 7 nitrogen and oxygen atoms in total. The molecule has 3 aliphatic heterocycles. The Morgan fingerprint density at radius 2 is 2.08 bits per heavy atom. The predicted molar refractivity (Wildman–Crippen MR) is 91.1 cm³/mol. The van der Waals surface area contributed by atoms with Crippen LogP contribution in [0.3, 0.4) is 0 Å². The maximum absolute atomic E-state index is 12.8. The van der Waals surface area contributed by atoms with Gasteiger partial charge in [0.05, 0.1) is 0 Å². The van der Waals surface area contributed by atoms with E-state index >= 15 is 0 Å². The van der Waals surface area contributed by atoms with Gasteiger partial charge in [0.2, 0.25) is 5.96 Å². The van der Waals surface area contributed by atoms with Gasteiger partial charge in [-0.2, -0.15) is 0 Å². The van der Waals surface area contributed by atoms with Gasteiger partial charge in [0.1, 0.15) is 0 Å². The van der Waals surface area contributed by atoms with Crippen molar-refractivity contribution in [3.63, 3.8) is 0 Å². The third-order valence-electron chi connectivity index (χ3n) is 4.81. The van der Waals surface area contributed by atoms with Gasteiger partial charge in [-0.3, -0.25) is 9.69 Å². The van der Waals surface area contributed by atoms with E-state index in [4.69, 9.17) is 16.6 Å². The van der Waals surface area contributed by atoms with Crippen LogP contribution in [0.1, 0.15) is 6.92 Å². The number of anilines is 1. The highest BCUT2D eigenvalue weighted by Gasteiger charge is 2.54. The average Bonchev–Trinajstić information content (AvgIpc) is 3.12. The standard InChI is InChI=1S/C16H18ClN5O2/c1-3-20-14(23)12-13(19(2)16(20)24)18-15-21(7-8-22(12)15)11-6-4-5-10(17)9-11/h4-6,9,12-13H,3,7-8H2,1-2H3. The van der Waals surface area contributed by atoms with Crippen molar-refractivity contribution in [2.45, 2.75) is 19.1 Å². The number of hydrogen-bond acceptors (Lipinski definition) is 5. The number of guanidine groups is 1. The highest BCUT2D eigenvalue weighted by atomic mass is 35.5. The largest absolute Gasteiger partial charge is 0.328 e. The summed E-state index contributed by atoms with van der Waals surface area (Å²) in [5.41, 5.74) is 0.941. The van der Waals surface area contributed by atoms with Crippen LogP contribution in [0.4, 0.5) is 10.5 Å². The fourth-order valence-electron chi connectivity index (χ4n) is 3.62. The zero-order chi connectivity index (χ0) is 17.0. The number of halogens is 1. The molecule has 2 fully saturated rings. The van der Waals surface area contributed by atoms with Crippen molar-refractivity contribution in [3.05, 3.63) is 29.3 Å². The lowest BCUT2D eigenvalue weighted by Crippen LogP contribution is -2.64. The molecule has 1 aromatic carbocycles. The molecule has 8 heteroatoms. The Balaban J connectivity index is 1.70. The Kier molecular flexibility index (Phi) is 3.42. The van der Waals surface area contributed by atoms with Crippen molar-refractivity contribution in [1.29, 1.82) is 0 Å². The molecule has 2 saturated heterocycles. The zero-order valence-electron chi connectivity index (χ0n) is 13.5. The minimum atomic E-state index is -0.468. The molecule has 126 valence electrons. The molecular formula is C16H18ClN5O2. The highest BCUT2D eigenvalue weighted by Crippen LogP contribution is 2.33. The third kappa shape index (κ3) is 2.00. The summed E-state index contributed by atoms with van der Waals surface area (Å²) in [4.78, 5) is 36.7. The van der Waals surface area contributed by atoms with E-state index in [-0.39, 0.29) is 11.9 Å². The van der Waals surface area contributed by atoms with Gasteiger partial charge in [-0.15, -0.1) is 0 Å². The van der Waals surface area contributed by atoms with Gasteiger partial charge < -0.3 is 14.7 Å². The Morgan fingerprint density at radius 3 is 2.79 bits per heavy atom. The average molecular weight is 348 g/mol. The summed E-state index contributed by atoms with van der Waals surface area (Å²) in [7, 11) is 1.70. The quantitative estimate of drug-likeness (QED) is 0.812. The molecule has 1 aromatic rings. The van der Waals surface area contributed by atoms with Crippen molar-refractivity contribution < 1.29 is 9.59 Å². The SMILES string of the molecule is CCN1C(=O)C2C(N=C3N(c4cccc(Cl)c4)CCN32)N(C)C1=O. The molecule has 4 rings (SSSR count). The molecule has 2 atom stereocenters. The summed E-state index contributed by atoms with van der Waals surface area (Å²) in [6.45, 7) is 3.60. The van der Waals surface area contributed by atoms with Gasteiger partial charge in [0.15, 0.2) is 12.2 Å². The fraction of sp³-hybridized carbons (Fsp3) is 0.438. The van der Waals surface area contributed by atoms with Crippen LogP contribution in [0, 0.1) is 0 Å². The zero-order valence-corrected chi connectivity index (χ0v) is 14.3. The maximum atomic E-state index is 12.8. The van der Waals surface area contributed by atoms with Crippen molar-refractivity contribution >= 4 is 35.2 Å². The van der Waals surface area contributed by atoms with Crippen LogP contribution in [0.2, 0.25) is 5.02 Å². The van der Waals surface area contributed by atoms with E-state index in [0.717, 1.165) is 18.2 Å². The molecule has 0 bridgehead atoms. The number of imide groups is 1. The molecule has 0 spiro atoms. The summed E-state index contributed by atoms with van der Waals surface area (Å²) in [6.07, 6.45) is -0.468. The van der Waals surface area contributed by atoms with E-state index in [0.29, 0.717) is 18.1 Å². The first kappa shape index (κ1) is 15.3. The van der Waals surface area contributed by atoms with Crippen LogP contribution in [0.15, 0.2) is 29.3 Å². The first-order chi connectivity index (χ1) is 11.5. The number of amides is 3. The Morgan fingerprint density at radius 1 is 1.29 bits per heavy atom. The smallest absolute Gasteiger partial charge is 0.325 e. The monoisotopic (exact) mass is 347 g/mol. The summed E-state index contributed by atoms with van der Waals surface area (Å²) in [5, 5.41) is 0.655. The summed E-state index contributed by atoms with van der Waals surface area (Å²) >= 11 is 6.10. The van der Waals surface area contributed by atoms with Crippen LogP contribution in [0.25, 0.3) is 0 Å². The second-order valence-corrected chi connectivity index (χ2v) is 6.52. The number of fused-ring (bicyclic) bond motifs is 3. The van der Waals surface area contributed by atoms with Gasteiger partial charge in [-0.1, -0.05) is 17.7 Å². The molecule has 0 saturated carbocycles. The number of nitrogens with zero attached hydrogens (tertiary/aromatic N) is 5. The van der Waals surface area contributed by atoms with E-state index < -0.39 is 12.2 Å². The number of carbonyl (C=O) groups is 2. The highest BCUT2D eigenvalue weighted by molar-refractivity contribution is 6.31. The Labute approximate surface area is 145 Å². The van der Waals surface area contributed by atoms with E-state index in [1.165, 1.54) is 4.90 Å². The van der Waals surface area contributed by atoms with E-state index in [2.05, 4.69) is 0 Å². The van der Waals surface area contributed by atoms with Crippen molar-refractivity contribution in [2.24, 2.45) is 4.99 Å². The van der Waals surface area contributed by atoms with Crippen LogP contribution in [0.5, 0.6) is 0 Å². The number of rotatable bonds is 2. The molecule has 0 N–H and O–H groups in total. The molecule has 3 aliphatic rings. The number of carbonyl (C=O) groups excluding carboxylic acids is 2. The van der Waals surface area contributed by atoms with Gasteiger partial charge in [0, 0.05) is 37.4 Å². The summed E-state index contributed by atoms with van der Waals surface area (Å²) < 4.78 is 0. The third-order valence-corrected chi connectivity index (χ3v) is 5.05. The van der Waals surface area contributed by atoms with Crippen molar-refractivity contribution in [2.75, 3.05) is 31.6 Å². The van der Waals surface area contributed by atoms with E-state index in [9.17, 15) is 9.59 Å². The second-order valence-electron chi connectivity index (χ2n) is 6.09. The van der Waals surface area contributed by atoms with Gasteiger partial charge in [0.25, 0.3) is 5.91 Å². The van der Waals surface area contributed by atoms with Crippen molar-refractivity contribution in [1.82, 2.24) is 14.7 Å². The Bertz CT molecular complexity index is 752. The number of benzene rings is 1. The van der Waals surface area contributed by atoms with Gasteiger partial charge >= 0.3 is 6.03 Å². The minimum absolute atomic E-state index is 0.169. The molecule has 3 amide bonds. The molecule has 3 heterocycles. The van der Waals surface area contributed by atoms with E-state index in [1.807, 2.05) is 41.0 Å². The lowest BCUT2D eigenvalue weighted by Gasteiger charge is -2.40. The second kappa shape index (κ2) is 5.37. The van der Waals surface area contributed by atoms with E-state index in [1.54, 1.807) is 11.9 Å². The molecule has 2 unspecified atom stereocenters. The fourth-order valence-corrected chi connectivity index (χ4v) is 3.80. The van der Waals surface area contributed by atoms with Crippen LogP contribution in [-0.4, -0.2) is 71.5 Å². The lowest BCUT2D eigenvalue weighted by molar-refractivity contribution is -0.137. The number of hydrogen-bond donors (Lipinski definition) is 0. The topological polar surface area (TPSA) is 59.5 Å². The van der Waals surface area contributed by atoms with Crippen LogP contribution in [-0.2, 0) is 4.79 Å². The predicted octanol–water partition coefficient (Wildman–Crippen LogP) is 1.44. The van der Waals surface area contributed by atoms with Crippen molar-refractivity contribution in [3.8, 4) is 0 Å². The molecule has 24 heavy (non-hydrogen) atoms. The minimum Gasteiger partial charge on any atom is -0.325 e. The van der Waals surface area contributed by atoms with Gasteiger partial charge in [-0.05, 0) is 25.1 Å². The first-order valence-corrected chi connectivity index (χ1v) is 8.36. The lowest BCUT2D eigenvalue weighted by atomic mass is 10.1. The number of urea groups is 1. The van der Waals surface area contributed by atoms with Crippen LogP contribution < -0.4 is 4.90 Å². The number of aliphatic imine (C=N–C) groups is 1. The molecule has 0 radical (unpaired) electrons. The summed E-state index contributed by atoms with van der Waals surface area (Å²) in [6, 6.07) is 6.84. The maximum Gasteiger partial charge on any atom is 0.328 e. The molecule has 0 aromatic heterocycles. The van der Waals surface area contributed by atoms with Gasteiger partial charge in [-0.25, -0.2) is 9.79 Å². The molecular weight excluding hydrogens is 330 g/mol. The first-order valence-electron chi connectivity index (χ1n) is 7.98. The summed E-state index contributed by atoms with van der Waals surface area (Å²) in [5.74, 6) is 0.565.